The summed E-state index contributed by atoms with van der Waals surface area (Å²) >= 11 is 1.40. The van der Waals surface area contributed by atoms with Crippen molar-refractivity contribution in [1.82, 2.24) is 15.0 Å². The second-order valence-corrected chi connectivity index (χ2v) is 7.62. The average Bonchev–Trinajstić information content (AvgIpc) is 3.17. The van der Waals surface area contributed by atoms with Crippen LogP contribution in [0.3, 0.4) is 0 Å². The molecule has 4 aromatic rings. The van der Waals surface area contributed by atoms with Crippen molar-refractivity contribution in [2.75, 3.05) is 0 Å². The molecule has 30 heavy (non-hydrogen) atoms. The molecule has 0 bridgehead atoms. The van der Waals surface area contributed by atoms with Crippen molar-refractivity contribution < 1.29 is 9.90 Å². The van der Waals surface area contributed by atoms with Crippen molar-refractivity contribution in [2.45, 2.75) is 13.5 Å². The summed E-state index contributed by atoms with van der Waals surface area (Å²) in [6.07, 6.45) is 2.83. The van der Waals surface area contributed by atoms with Gasteiger partial charge in [0.05, 0.1) is 17.9 Å². The van der Waals surface area contributed by atoms with Crippen molar-refractivity contribution in [2.24, 2.45) is 5.10 Å². The molecule has 0 spiro atoms. The Balaban J connectivity index is 1.54. The predicted molar refractivity (Wildman–Crippen MR) is 118 cm³/mol. The zero-order valence-electron chi connectivity index (χ0n) is 16.1. The van der Waals surface area contributed by atoms with Crippen molar-refractivity contribution in [3.8, 4) is 16.9 Å². The second-order valence-electron chi connectivity index (χ2n) is 6.76. The lowest BCUT2D eigenvalue weighted by atomic mass is 10.1. The molecule has 1 amide bonds. The molecule has 0 aliphatic carbocycles. The summed E-state index contributed by atoms with van der Waals surface area (Å²) in [5.41, 5.74) is 5.73. The number of aromatic nitrogens is 2. The van der Waals surface area contributed by atoms with Crippen LogP contribution in [-0.2, 0) is 11.3 Å². The molecule has 0 radical (unpaired) electrons. The number of phenolic OH excluding ortho intramolecular Hbond substituents is 1. The van der Waals surface area contributed by atoms with E-state index in [0.717, 1.165) is 22.3 Å². The Morgan fingerprint density at radius 2 is 1.93 bits per heavy atom. The van der Waals surface area contributed by atoms with Gasteiger partial charge in [0.25, 0.3) is 11.5 Å². The Labute approximate surface area is 176 Å². The number of hydrazone groups is 1. The van der Waals surface area contributed by atoms with Gasteiger partial charge in [0, 0.05) is 10.9 Å². The lowest BCUT2D eigenvalue weighted by Crippen LogP contribution is -2.30. The summed E-state index contributed by atoms with van der Waals surface area (Å²) in [6.45, 7) is 1.81. The van der Waals surface area contributed by atoms with Gasteiger partial charge in [-0.3, -0.25) is 14.2 Å². The van der Waals surface area contributed by atoms with Gasteiger partial charge in [-0.25, -0.2) is 10.4 Å². The van der Waals surface area contributed by atoms with Gasteiger partial charge in [-0.15, -0.1) is 11.3 Å². The third-order valence-electron chi connectivity index (χ3n) is 4.53. The van der Waals surface area contributed by atoms with Crippen molar-refractivity contribution in [3.63, 3.8) is 0 Å². The first-order valence-electron chi connectivity index (χ1n) is 9.16. The van der Waals surface area contributed by atoms with Gasteiger partial charge < -0.3 is 5.11 Å². The van der Waals surface area contributed by atoms with E-state index in [1.165, 1.54) is 40.6 Å². The third-order valence-corrected chi connectivity index (χ3v) is 5.42. The number of rotatable bonds is 5. The summed E-state index contributed by atoms with van der Waals surface area (Å²) in [5, 5.41) is 15.6. The van der Waals surface area contributed by atoms with E-state index in [0.29, 0.717) is 10.2 Å². The predicted octanol–water partition coefficient (Wildman–Crippen LogP) is 3.29. The Kier molecular flexibility index (Phi) is 5.40. The molecular weight excluding hydrogens is 400 g/mol. The Morgan fingerprint density at radius 1 is 1.20 bits per heavy atom. The largest absolute Gasteiger partial charge is 0.508 e. The fourth-order valence-corrected chi connectivity index (χ4v) is 3.86. The van der Waals surface area contributed by atoms with E-state index >= 15 is 0 Å². The maximum Gasteiger partial charge on any atom is 0.263 e. The first kappa shape index (κ1) is 19.5. The zero-order chi connectivity index (χ0) is 21.1. The summed E-state index contributed by atoms with van der Waals surface area (Å²) in [7, 11) is 0. The second kappa shape index (κ2) is 8.30. The topological polar surface area (TPSA) is 96.6 Å². The normalized spacial score (nSPS) is 11.2. The summed E-state index contributed by atoms with van der Waals surface area (Å²) in [5.74, 6) is -0.294. The van der Waals surface area contributed by atoms with Crippen LogP contribution in [0.1, 0.15) is 11.1 Å². The molecule has 0 aliphatic heterocycles. The lowest BCUT2D eigenvalue weighted by molar-refractivity contribution is -0.121. The van der Waals surface area contributed by atoms with Crippen LogP contribution in [0.15, 0.2) is 70.1 Å². The minimum atomic E-state index is -0.444. The van der Waals surface area contributed by atoms with Crippen LogP contribution in [0.2, 0.25) is 0 Å². The number of hydrogen-bond donors (Lipinski definition) is 2. The fraction of sp³-hybridized carbons (Fsp3) is 0.0909. The molecule has 7 nitrogen and oxygen atoms in total. The number of amides is 1. The molecule has 8 heteroatoms. The van der Waals surface area contributed by atoms with Crippen LogP contribution in [0.25, 0.3) is 21.3 Å². The van der Waals surface area contributed by atoms with E-state index < -0.39 is 5.91 Å². The average molecular weight is 418 g/mol. The molecule has 2 N–H and O–H groups in total. The third kappa shape index (κ3) is 4.13. The van der Waals surface area contributed by atoms with Gasteiger partial charge in [0.15, 0.2) is 0 Å². The highest BCUT2D eigenvalue weighted by atomic mass is 32.1. The van der Waals surface area contributed by atoms with E-state index in [4.69, 9.17) is 0 Å². The Bertz CT molecular complexity index is 1290. The van der Waals surface area contributed by atoms with E-state index in [1.807, 2.05) is 36.6 Å². The molecule has 0 atom stereocenters. The number of thiophene rings is 1. The van der Waals surface area contributed by atoms with Gasteiger partial charge in [0.1, 0.15) is 17.1 Å². The number of aryl methyl sites for hydroxylation is 1. The monoisotopic (exact) mass is 418 g/mol. The molecule has 2 aromatic carbocycles. The summed E-state index contributed by atoms with van der Waals surface area (Å²) in [4.78, 5) is 30.2. The minimum Gasteiger partial charge on any atom is -0.508 e. The van der Waals surface area contributed by atoms with E-state index in [1.54, 1.807) is 12.1 Å². The van der Waals surface area contributed by atoms with Gasteiger partial charge in [0.2, 0.25) is 0 Å². The number of fused-ring (bicyclic) bond motifs is 1. The summed E-state index contributed by atoms with van der Waals surface area (Å²) in [6, 6.07) is 14.3. The first-order chi connectivity index (χ1) is 14.5. The number of phenols is 1. The zero-order valence-corrected chi connectivity index (χ0v) is 16.9. The Morgan fingerprint density at radius 3 is 2.67 bits per heavy atom. The van der Waals surface area contributed by atoms with Crippen molar-refractivity contribution in [3.05, 3.63) is 81.7 Å². The smallest absolute Gasteiger partial charge is 0.263 e. The van der Waals surface area contributed by atoms with E-state index in [2.05, 4.69) is 15.5 Å². The van der Waals surface area contributed by atoms with Crippen molar-refractivity contribution >= 4 is 33.7 Å². The molecule has 0 saturated heterocycles. The highest BCUT2D eigenvalue weighted by Crippen LogP contribution is 2.30. The standard InChI is InChI=1S/C22H18N4O3S/c1-14-2-6-16(7-3-14)18-12-30-21-20(18)22(29)26(13-23-21)11-19(28)25-24-10-15-4-8-17(27)9-5-15/h2-10,12-13,27H,11H2,1H3,(H,25,28)/b24-10+. The van der Waals surface area contributed by atoms with Crippen LogP contribution in [0.4, 0.5) is 0 Å². The molecule has 150 valence electrons. The molecule has 0 fully saturated rings. The molecule has 0 aliphatic rings. The molecule has 0 saturated carbocycles. The van der Waals surface area contributed by atoms with Crippen LogP contribution < -0.4 is 11.0 Å². The molecule has 0 unspecified atom stereocenters. The molecular formula is C22H18N4O3S. The van der Waals surface area contributed by atoms with Crippen LogP contribution >= 0.6 is 11.3 Å². The van der Waals surface area contributed by atoms with Gasteiger partial charge >= 0.3 is 0 Å². The quantitative estimate of drug-likeness (QED) is 0.384. The molecule has 2 heterocycles. The van der Waals surface area contributed by atoms with Gasteiger partial charge in [-0.2, -0.15) is 5.10 Å². The first-order valence-corrected chi connectivity index (χ1v) is 10.0. The molecule has 4 rings (SSSR count). The Hall–Kier alpha value is -3.78. The SMILES string of the molecule is Cc1ccc(-c2csc3ncn(CC(=O)N/N=C/c4ccc(O)cc4)c(=O)c23)cc1. The van der Waals surface area contributed by atoms with Crippen molar-refractivity contribution in [1.29, 1.82) is 0 Å². The van der Waals surface area contributed by atoms with E-state index in [-0.39, 0.29) is 17.9 Å². The fourth-order valence-electron chi connectivity index (χ4n) is 2.96. The maximum atomic E-state index is 13.0. The highest BCUT2D eigenvalue weighted by Gasteiger charge is 2.14. The van der Waals surface area contributed by atoms with Crippen LogP contribution in [0.5, 0.6) is 5.75 Å². The maximum absolute atomic E-state index is 13.0. The minimum absolute atomic E-state index is 0.150. The van der Waals surface area contributed by atoms with E-state index in [9.17, 15) is 14.7 Å². The lowest BCUT2D eigenvalue weighted by Gasteiger charge is -2.05. The number of nitrogens with one attached hydrogen (secondary N) is 1. The highest BCUT2D eigenvalue weighted by molar-refractivity contribution is 7.17. The van der Waals surface area contributed by atoms with Gasteiger partial charge in [-0.05, 0) is 42.3 Å². The number of nitrogens with zero attached hydrogens (tertiary/aromatic N) is 3. The number of benzene rings is 2. The molecule has 2 aromatic heterocycles. The summed E-state index contributed by atoms with van der Waals surface area (Å²) < 4.78 is 1.28. The van der Waals surface area contributed by atoms with Crippen LogP contribution in [-0.4, -0.2) is 26.8 Å². The van der Waals surface area contributed by atoms with Crippen LogP contribution in [0, 0.1) is 6.92 Å². The number of hydrogen-bond acceptors (Lipinski definition) is 6. The number of carbonyl (C=O) groups is 1. The number of carbonyl (C=O) groups excluding carboxylic acids is 1. The van der Waals surface area contributed by atoms with Gasteiger partial charge in [-0.1, -0.05) is 29.8 Å². The number of aromatic hydroxyl groups is 1.